The first-order valence-electron chi connectivity index (χ1n) is 7.25. The lowest BCUT2D eigenvalue weighted by Crippen LogP contribution is -2.14. The summed E-state index contributed by atoms with van der Waals surface area (Å²) >= 11 is 13.5. The van der Waals surface area contributed by atoms with Crippen molar-refractivity contribution in [1.82, 2.24) is 4.98 Å². The molecule has 0 aliphatic heterocycles. The SMILES string of the molecule is COC(=O)Cc1csc(NC(=O)C2CC2c2cccc(Cl)c2Cl)n1. The van der Waals surface area contributed by atoms with E-state index in [2.05, 4.69) is 15.0 Å². The molecule has 2 aromatic rings. The third-order valence-electron chi connectivity index (χ3n) is 3.84. The van der Waals surface area contributed by atoms with Crippen LogP contribution in [0.25, 0.3) is 0 Å². The molecule has 1 aromatic heterocycles. The second kappa shape index (κ2) is 7.09. The van der Waals surface area contributed by atoms with Crippen molar-refractivity contribution in [2.45, 2.75) is 18.8 Å². The Balaban J connectivity index is 1.61. The summed E-state index contributed by atoms with van der Waals surface area (Å²) < 4.78 is 4.59. The average Bonchev–Trinajstić information content (AvgIpc) is 3.24. The number of hydrogen-bond acceptors (Lipinski definition) is 5. The van der Waals surface area contributed by atoms with E-state index in [1.165, 1.54) is 18.4 Å². The predicted octanol–water partition coefficient (Wildman–Crippen LogP) is 3.91. The van der Waals surface area contributed by atoms with Crippen LogP contribution >= 0.6 is 34.5 Å². The van der Waals surface area contributed by atoms with E-state index in [0.717, 1.165) is 12.0 Å². The molecule has 1 fully saturated rings. The maximum absolute atomic E-state index is 12.3. The third kappa shape index (κ3) is 3.71. The van der Waals surface area contributed by atoms with Gasteiger partial charge in [0.2, 0.25) is 5.91 Å². The molecule has 5 nitrogen and oxygen atoms in total. The molecule has 2 unspecified atom stereocenters. The number of hydrogen-bond donors (Lipinski definition) is 1. The van der Waals surface area contributed by atoms with Crippen LogP contribution in [0.1, 0.15) is 23.6 Å². The maximum Gasteiger partial charge on any atom is 0.311 e. The van der Waals surface area contributed by atoms with Gasteiger partial charge in [-0.05, 0) is 24.0 Å². The summed E-state index contributed by atoms with van der Waals surface area (Å²) in [5.41, 5.74) is 1.47. The largest absolute Gasteiger partial charge is 0.469 e. The van der Waals surface area contributed by atoms with Crippen molar-refractivity contribution >= 4 is 51.5 Å². The summed E-state index contributed by atoms with van der Waals surface area (Å²) in [5, 5.41) is 5.99. The highest BCUT2D eigenvalue weighted by atomic mass is 35.5. The van der Waals surface area contributed by atoms with E-state index >= 15 is 0 Å². The molecule has 1 heterocycles. The number of aromatic nitrogens is 1. The number of halogens is 2. The van der Waals surface area contributed by atoms with Gasteiger partial charge in [0.25, 0.3) is 0 Å². The first-order valence-corrected chi connectivity index (χ1v) is 8.89. The van der Waals surface area contributed by atoms with Crippen molar-refractivity contribution in [3.63, 3.8) is 0 Å². The molecule has 8 heteroatoms. The van der Waals surface area contributed by atoms with Gasteiger partial charge in [0, 0.05) is 11.3 Å². The van der Waals surface area contributed by atoms with E-state index in [-0.39, 0.29) is 30.1 Å². The van der Waals surface area contributed by atoms with Crippen molar-refractivity contribution in [1.29, 1.82) is 0 Å². The van der Waals surface area contributed by atoms with Crippen molar-refractivity contribution < 1.29 is 14.3 Å². The molecule has 126 valence electrons. The van der Waals surface area contributed by atoms with E-state index in [9.17, 15) is 9.59 Å². The summed E-state index contributed by atoms with van der Waals surface area (Å²) in [6.07, 6.45) is 0.819. The Hall–Kier alpha value is -1.63. The quantitative estimate of drug-likeness (QED) is 0.793. The number of benzene rings is 1. The molecule has 1 N–H and O–H groups in total. The topological polar surface area (TPSA) is 68.3 Å². The van der Waals surface area contributed by atoms with Crippen molar-refractivity contribution in [3.05, 3.63) is 44.9 Å². The number of carbonyl (C=O) groups is 2. The van der Waals surface area contributed by atoms with Crippen LogP contribution in [0.15, 0.2) is 23.6 Å². The van der Waals surface area contributed by atoms with Crippen LogP contribution in [-0.2, 0) is 20.7 Å². The molecule has 2 atom stereocenters. The number of nitrogens with one attached hydrogen (secondary N) is 1. The highest BCUT2D eigenvalue weighted by Gasteiger charge is 2.45. The molecule has 3 rings (SSSR count). The minimum Gasteiger partial charge on any atom is -0.469 e. The number of amides is 1. The fraction of sp³-hybridized carbons (Fsp3) is 0.312. The lowest BCUT2D eigenvalue weighted by atomic mass is 10.1. The number of thiazole rings is 1. The highest BCUT2D eigenvalue weighted by molar-refractivity contribution is 7.13. The summed E-state index contributed by atoms with van der Waals surface area (Å²) in [7, 11) is 1.32. The summed E-state index contributed by atoms with van der Waals surface area (Å²) in [6, 6.07) is 5.45. The molecule has 1 aliphatic rings. The number of anilines is 1. The monoisotopic (exact) mass is 384 g/mol. The predicted molar refractivity (Wildman–Crippen MR) is 93.8 cm³/mol. The van der Waals surface area contributed by atoms with Crippen LogP contribution < -0.4 is 5.32 Å². The number of carbonyl (C=O) groups excluding carboxylic acids is 2. The molecule has 1 aromatic carbocycles. The minimum atomic E-state index is -0.365. The van der Waals surface area contributed by atoms with Crippen molar-refractivity contribution in [3.8, 4) is 0 Å². The Labute approximate surface area is 152 Å². The molecule has 1 aliphatic carbocycles. The number of esters is 1. The molecule has 0 saturated heterocycles. The fourth-order valence-corrected chi connectivity index (χ4v) is 3.66. The van der Waals surface area contributed by atoms with Gasteiger partial charge in [0.15, 0.2) is 5.13 Å². The van der Waals surface area contributed by atoms with Crippen LogP contribution in [0.4, 0.5) is 5.13 Å². The standard InChI is InChI=1S/C16H14Cl2N2O3S/c1-23-13(21)5-8-7-24-16(19-8)20-15(22)11-6-10(11)9-3-2-4-12(17)14(9)18/h2-4,7,10-11H,5-6H2,1H3,(H,19,20,22). The first-order chi connectivity index (χ1) is 11.5. The van der Waals surface area contributed by atoms with Gasteiger partial charge in [-0.15, -0.1) is 11.3 Å². The zero-order valence-corrected chi connectivity index (χ0v) is 15.0. The summed E-state index contributed by atoms with van der Waals surface area (Å²) in [6.45, 7) is 0. The van der Waals surface area contributed by atoms with Crippen LogP contribution in [-0.4, -0.2) is 24.0 Å². The Morgan fingerprint density at radius 3 is 2.96 bits per heavy atom. The van der Waals surface area contributed by atoms with E-state index < -0.39 is 0 Å². The number of rotatable bonds is 5. The Morgan fingerprint density at radius 1 is 1.42 bits per heavy atom. The van der Waals surface area contributed by atoms with Crippen molar-refractivity contribution in [2.75, 3.05) is 12.4 Å². The van der Waals surface area contributed by atoms with E-state index in [4.69, 9.17) is 23.2 Å². The van der Waals surface area contributed by atoms with Crippen LogP contribution in [0, 0.1) is 5.92 Å². The Kier molecular flexibility index (Phi) is 5.08. The van der Waals surface area contributed by atoms with Gasteiger partial charge in [0.1, 0.15) is 0 Å². The molecule has 1 saturated carbocycles. The molecule has 0 radical (unpaired) electrons. The van der Waals surface area contributed by atoms with Crippen molar-refractivity contribution in [2.24, 2.45) is 5.92 Å². The first kappa shape index (κ1) is 17.2. The smallest absolute Gasteiger partial charge is 0.311 e. The molecular formula is C16H14Cl2N2O3S. The van der Waals surface area contributed by atoms with Crippen LogP contribution in [0.3, 0.4) is 0 Å². The fourth-order valence-electron chi connectivity index (χ4n) is 2.50. The normalized spacial score (nSPS) is 19.0. The molecular weight excluding hydrogens is 371 g/mol. The highest BCUT2D eigenvalue weighted by Crippen LogP contribution is 2.51. The van der Waals surface area contributed by atoms with E-state index in [1.807, 2.05) is 12.1 Å². The third-order valence-corrected chi connectivity index (χ3v) is 5.48. The zero-order chi connectivity index (χ0) is 17.3. The van der Waals surface area contributed by atoms with E-state index in [0.29, 0.717) is 20.9 Å². The number of ether oxygens (including phenoxy) is 1. The average molecular weight is 385 g/mol. The Bertz CT molecular complexity index is 793. The maximum atomic E-state index is 12.3. The second-order valence-electron chi connectivity index (χ2n) is 5.48. The summed E-state index contributed by atoms with van der Waals surface area (Å²) in [5.74, 6) is -0.536. The van der Waals surface area contributed by atoms with E-state index in [1.54, 1.807) is 11.4 Å². The van der Waals surface area contributed by atoms with Gasteiger partial charge in [-0.1, -0.05) is 35.3 Å². The molecule has 0 bridgehead atoms. The minimum absolute atomic E-state index is 0.0747. The van der Waals surface area contributed by atoms with Crippen LogP contribution in [0.2, 0.25) is 10.0 Å². The lowest BCUT2D eigenvalue weighted by molar-refractivity contribution is -0.139. The van der Waals surface area contributed by atoms with Gasteiger partial charge in [-0.3, -0.25) is 9.59 Å². The van der Waals surface area contributed by atoms with Gasteiger partial charge < -0.3 is 10.1 Å². The number of nitrogens with zero attached hydrogens (tertiary/aromatic N) is 1. The van der Waals surface area contributed by atoms with Gasteiger partial charge >= 0.3 is 5.97 Å². The molecule has 24 heavy (non-hydrogen) atoms. The van der Waals surface area contributed by atoms with Gasteiger partial charge in [-0.2, -0.15) is 0 Å². The van der Waals surface area contributed by atoms with Gasteiger partial charge in [0.05, 0.1) is 29.3 Å². The number of methoxy groups -OCH3 is 1. The van der Waals surface area contributed by atoms with Gasteiger partial charge in [-0.25, -0.2) is 4.98 Å². The molecule has 1 amide bonds. The summed E-state index contributed by atoms with van der Waals surface area (Å²) in [4.78, 5) is 27.8. The second-order valence-corrected chi connectivity index (χ2v) is 7.12. The zero-order valence-electron chi connectivity index (χ0n) is 12.7. The van der Waals surface area contributed by atoms with Crippen LogP contribution in [0.5, 0.6) is 0 Å². The lowest BCUT2D eigenvalue weighted by Gasteiger charge is -2.05. The Morgan fingerprint density at radius 2 is 2.21 bits per heavy atom. The molecule has 0 spiro atoms.